The minimum atomic E-state index is -0.148. The standard InChI is InChI=1S/C23H21NO3/c1-2-22(25)18-12-14-21(15-13-18)27-16-17-8-10-19(11-9-17)23(26)24-20-6-4-3-5-7-20/h3-15H,2,16H2,1H3,(H,24,26). The lowest BCUT2D eigenvalue weighted by Crippen LogP contribution is -2.11. The molecule has 0 aliphatic heterocycles. The van der Waals surface area contributed by atoms with Gasteiger partial charge in [-0.05, 0) is 54.1 Å². The first-order valence-electron chi connectivity index (χ1n) is 8.87. The predicted molar refractivity (Wildman–Crippen MR) is 106 cm³/mol. The van der Waals surface area contributed by atoms with Crippen molar-refractivity contribution in [1.29, 1.82) is 0 Å². The van der Waals surface area contributed by atoms with Crippen LogP contribution >= 0.6 is 0 Å². The van der Waals surface area contributed by atoms with Crippen LogP contribution in [0.1, 0.15) is 39.6 Å². The van der Waals surface area contributed by atoms with Crippen molar-refractivity contribution in [3.63, 3.8) is 0 Å². The summed E-state index contributed by atoms with van der Waals surface area (Å²) in [5, 5.41) is 2.86. The first-order valence-corrected chi connectivity index (χ1v) is 8.87. The number of benzene rings is 3. The second-order valence-electron chi connectivity index (χ2n) is 6.11. The molecule has 0 saturated carbocycles. The van der Waals surface area contributed by atoms with Crippen LogP contribution in [0.3, 0.4) is 0 Å². The molecule has 3 aromatic carbocycles. The predicted octanol–water partition coefficient (Wildman–Crippen LogP) is 5.11. The Morgan fingerprint density at radius 2 is 1.44 bits per heavy atom. The Labute approximate surface area is 158 Å². The number of carbonyl (C=O) groups excluding carboxylic acids is 2. The fraction of sp³-hybridized carbons (Fsp3) is 0.130. The van der Waals surface area contributed by atoms with Crippen LogP contribution < -0.4 is 10.1 Å². The smallest absolute Gasteiger partial charge is 0.255 e. The third-order valence-corrected chi connectivity index (χ3v) is 4.15. The Morgan fingerprint density at radius 1 is 0.815 bits per heavy atom. The Morgan fingerprint density at radius 3 is 2.07 bits per heavy atom. The van der Waals surface area contributed by atoms with E-state index in [2.05, 4.69) is 5.32 Å². The number of para-hydroxylation sites is 1. The van der Waals surface area contributed by atoms with E-state index in [1.165, 1.54) is 0 Å². The average molecular weight is 359 g/mol. The fourth-order valence-corrected chi connectivity index (χ4v) is 2.58. The third kappa shape index (κ3) is 5.05. The van der Waals surface area contributed by atoms with E-state index in [9.17, 15) is 9.59 Å². The maximum atomic E-state index is 12.2. The monoisotopic (exact) mass is 359 g/mol. The lowest BCUT2D eigenvalue weighted by molar-refractivity contribution is 0.0986. The zero-order valence-corrected chi connectivity index (χ0v) is 15.1. The molecule has 3 rings (SSSR count). The highest BCUT2D eigenvalue weighted by Crippen LogP contribution is 2.16. The molecule has 0 heterocycles. The molecule has 1 amide bonds. The van der Waals surface area contributed by atoms with Gasteiger partial charge < -0.3 is 10.1 Å². The van der Waals surface area contributed by atoms with E-state index in [0.717, 1.165) is 11.3 Å². The minimum Gasteiger partial charge on any atom is -0.489 e. The van der Waals surface area contributed by atoms with E-state index < -0.39 is 0 Å². The second kappa shape index (κ2) is 8.81. The molecule has 0 aliphatic carbocycles. The summed E-state index contributed by atoms with van der Waals surface area (Å²) in [6.45, 7) is 2.23. The van der Waals surface area contributed by atoms with Crippen LogP contribution in [0.4, 0.5) is 5.69 Å². The summed E-state index contributed by atoms with van der Waals surface area (Å²) in [4.78, 5) is 23.9. The number of amides is 1. The first kappa shape index (κ1) is 18.4. The van der Waals surface area contributed by atoms with Crippen LogP contribution in [-0.4, -0.2) is 11.7 Å². The molecular weight excluding hydrogens is 338 g/mol. The maximum Gasteiger partial charge on any atom is 0.255 e. The lowest BCUT2D eigenvalue weighted by atomic mass is 10.1. The summed E-state index contributed by atoms with van der Waals surface area (Å²) in [5.74, 6) is 0.671. The van der Waals surface area contributed by atoms with E-state index in [0.29, 0.717) is 29.9 Å². The molecule has 0 unspecified atom stereocenters. The van der Waals surface area contributed by atoms with Gasteiger partial charge in [-0.3, -0.25) is 9.59 Å². The number of ether oxygens (including phenoxy) is 1. The molecule has 136 valence electrons. The number of anilines is 1. The molecule has 27 heavy (non-hydrogen) atoms. The molecular formula is C23H21NO3. The number of hydrogen-bond acceptors (Lipinski definition) is 3. The van der Waals surface area contributed by atoms with Gasteiger partial charge in [0, 0.05) is 23.2 Å². The SMILES string of the molecule is CCC(=O)c1ccc(OCc2ccc(C(=O)Nc3ccccc3)cc2)cc1. The minimum absolute atomic E-state index is 0.117. The van der Waals surface area contributed by atoms with Crippen molar-refractivity contribution in [2.24, 2.45) is 0 Å². The second-order valence-corrected chi connectivity index (χ2v) is 6.11. The third-order valence-electron chi connectivity index (χ3n) is 4.15. The van der Waals surface area contributed by atoms with Crippen molar-refractivity contribution < 1.29 is 14.3 Å². The summed E-state index contributed by atoms with van der Waals surface area (Å²) in [7, 11) is 0. The van der Waals surface area contributed by atoms with Gasteiger partial charge in [0.1, 0.15) is 12.4 Å². The maximum absolute atomic E-state index is 12.2. The highest BCUT2D eigenvalue weighted by atomic mass is 16.5. The average Bonchev–Trinajstić information content (AvgIpc) is 2.73. The number of rotatable bonds is 7. The van der Waals surface area contributed by atoms with Crippen LogP contribution in [0, 0.1) is 0 Å². The molecule has 1 N–H and O–H groups in total. The summed E-state index contributed by atoms with van der Waals surface area (Å²) in [5.41, 5.74) is 3.00. The van der Waals surface area contributed by atoms with Gasteiger partial charge in [-0.2, -0.15) is 0 Å². The molecule has 0 bridgehead atoms. The molecule has 0 spiro atoms. The zero-order chi connectivity index (χ0) is 19.1. The van der Waals surface area contributed by atoms with Gasteiger partial charge in [0.05, 0.1) is 0 Å². The first-order chi connectivity index (χ1) is 13.2. The Kier molecular flexibility index (Phi) is 6.00. The quantitative estimate of drug-likeness (QED) is 0.596. The van der Waals surface area contributed by atoms with Gasteiger partial charge in [0.25, 0.3) is 5.91 Å². The van der Waals surface area contributed by atoms with Crippen molar-refractivity contribution in [2.75, 3.05) is 5.32 Å². The molecule has 0 aliphatic rings. The molecule has 4 nitrogen and oxygen atoms in total. The van der Waals surface area contributed by atoms with Crippen molar-refractivity contribution in [1.82, 2.24) is 0 Å². The normalized spacial score (nSPS) is 10.3. The highest BCUT2D eigenvalue weighted by Gasteiger charge is 2.06. The lowest BCUT2D eigenvalue weighted by Gasteiger charge is -2.08. The van der Waals surface area contributed by atoms with Gasteiger partial charge >= 0.3 is 0 Å². The molecule has 0 fully saturated rings. The van der Waals surface area contributed by atoms with Crippen LogP contribution in [0.25, 0.3) is 0 Å². The van der Waals surface area contributed by atoms with Gasteiger partial charge in [-0.1, -0.05) is 37.3 Å². The van der Waals surface area contributed by atoms with E-state index in [1.807, 2.05) is 49.4 Å². The molecule has 0 saturated heterocycles. The number of Topliss-reactive ketones (excluding diaryl/α,β-unsaturated/α-hetero) is 1. The van der Waals surface area contributed by atoms with Gasteiger partial charge in [0.2, 0.25) is 0 Å². The van der Waals surface area contributed by atoms with Crippen LogP contribution in [-0.2, 0) is 6.61 Å². The number of carbonyl (C=O) groups is 2. The zero-order valence-electron chi connectivity index (χ0n) is 15.1. The van der Waals surface area contributed by atoms with Gasteiger partial charge in [0.15, 0.2) is 5.78 Å². The van der Waals surface area contributed by atoms with Gasteiger partial charge in [-0.15, -0.1) is 0 Å². The van der Waals surface area contributed by atoms with E-state index in [1.54, 1.807) is 36.4 Å². The van der Waals surface area contributed by atoms with Crippen molar-refractivity contribution in [3.8, 4) is 5.75 Å². The number of hydrogen-bond donors (Lipinski definition) is 1. The van der Waals surface area contributed by atoms with E-state index in [-0.39, 0.29) is 11.7 Å². The summed E-state index contributed by atoms with van der Waals surface area (Å²) < 4.78 is 5.74. The summed E-state index contributed by atoms with van der Waals surface area (Å²) in [6, 6.07) is 23.8. The van der Waals surface area contributed by atoms with Crippen LogP contribution in [0.2, 0.25) is 0 Å². The van der Waals surface area contributed by atoms with E-state index in [4.69, 9.17) is 4.74 Å². The van der Waals surface area contributed by atoms with Gasteiger partial charge in [-0.25, -0.2) is 0 Å². The highest BCUT2D eigenvalue weighted by molar-refractivity contribution is 6.04. The van der Waals surface area contributed by atoms with Crippen molar-refractivity contribution in [2.45, 2.75) is 20.0 Å². The fourth-order valence-electron chi connectivity index (χ4n) is 2.58. The van der Waals surface area contributed by atoms with Crippen molar-refractivity contribution in [3.05, 3.63) is 95.6 Å². The molecule has 3 aromatic rings. The Hall–Kier alpha value is -3.40. The van der Waals surface area contributed by atoms with Crippen molar-refractivity contribution >= 4 is 17.4 Å². The van der Waals surface area contributed by atoms with E-state index >= 15 is 0 Å². The number of ketones is 1. The number of nitrogens with one attached hydrogen (secondary N) is 1. The topological polar surface area (TPSA) is 55.4 Å². The summed E-state index contributed by atoms with van der Waals surface area (Å²) in [6.07, 6.45) is 0.490. The van der Waals surface area contributed by atoms with Crippen LogP contribution in [0.15, 0.2) is 78.9 Å². The summed E-state index contributed by atoms with van der Waals surface area (Å²) >= 11 is 0. The largest absolute Gasteiger partial charge is 0.489 e. The van der Waals surface area contributed by atoms with Crippen LogP contribution in [0.5, 0.6) is 5.75 Å². The Balaban J connectivity index is 1.56. The molecule has 0 aromatic heterocycles. The molecule has 0 atom stereocenters. The molecule has 0 radical (unpaired) electrons. The molecule has 4 heteroatoms. The Bertz CT molecular complexity index is 901.